The Bertz CT molecular complexity index is 364. The minimum Gasteiger partial charge on any atom is -0.287 e. The number of halogens is 2. The van der Waals surface area contributed by atoms with Gasteiger partial charge in [-0.15, -0.1) is 0 Å². The molecule has 0 bridgehead atoms. The van der Waals surface area contributed by atoms with Gasteiger partial charge in [-0.3, -0.25) is 4.90 Å². The maximum atomic E-state index is 12.8. The monoisotopic (exact) mass is 210 g/mol. The Morgan fingerprint density at radius 2 is 1.87 bits per heavy atom. The van der Waals surface area contributed by atoms with Crippen LogP contribution in [0.4, 0.5) is 8.78 Å². The first-order valence-electron chi connectivity index (χ1n) is 4.57. The summed E-state index contributed by atoms with van der Waals surface area (Å²) in [7, 11) is 1.73. The molecule has 0 aliphatic carbocycles. The first kappa shape index (κ1) is 11.6. The highest BCUT2D eigenvalue weighted by Gasteiger charge is 2.09. The van der Waals surface area contributed by atoms with Crippen molar-refractivity contribution in [1.29, 1.82) is 5.26 Å². The zero-order valence-electron chi connectivity index (χ0n) is 8.67. The number of rotatable bonds is 3. The van der Waals surface area contributed by atoms with E-state index in [4.69, 9.17) is 5.26 Å². The quantitative estimate of drug-likeness (QED) is 0.765. The average Bonchev–Trinajstić information content (AvgIpc) is 2.14. The molecule has 15 heavy (non-hydrogen) atoms. The van der Waals surface area contributed by atoms with E-state index in [-0.39, 0.29) is 6.04 Å². The summed E-state index contributed by atoms with van der Waals surface area (Å²) in [5, 5.41) is 8.65. The summed E-state index contributed by atoms with van der Waals surface area (Å²) in [6.07, 6.45) is 0. The van der Waals surface area contributed by atoms with Crippen LogP contribution in [0, 0.1) is 23.0 Å². The molecular formula is C11H12F2N2. The Balaban J connectivity index is 2.77. The predicted octanol–water partition coefficient (Wildman–Crippen LogP) is 2.31. The van der Waals surface area contributed by atoms with Gasteiger partial charge >= 0.3 is 0 Å². The third kappa shape index (κ3) is 3.30. The van der Waals surface area contributed by atoms with Crippen molar-refractivity contribution in [3.8, 4) is 6.07 Å². The van der Waals surface area contributed by atoms with Crippen molar-refractivity contribution >= 4 is 0 Å². The van der Waals surface area contributed by atoms with Gasteiger partial charge in [0.25, 0.3) is 0 Å². The van der Waals surface area contributed by atoms with Gasteiger partial charge in [0, 0.05) is 12.6 Å². The molecule has 0 heterocycles. The standard InChI is InChI=1S/C11H12F2N2/c1-8(6-14)15(2)7-9-3-10(12)5-11(13)4-9/h3-5,8H,7H2,1-2H3. The number of hydrogen-bond donors (Lipinski definition) is 0. The zero-order valence-corrected chi connectivity index (χ0v) is 8.67. The minimum absolute atomic E-state index is 0.281. The van der Waals surface area contributed by atoms with E-state index in [0.29, 0.717) is 12.1 Å². The van der Waals surface area contributed by atoms with E-state index in [1.165, 1.54) is 12.1 Å². The lowest BCUT2D eigenvalue weighted by atomic mass is 10.2. The Hall–Kier alpha value is -1.47. The highest BCUT2D eigenvalue weighted by Crippen LogP contribution is 2.10. The predicted molar refractivity (Wildman–Crippen MR) is 52.9 cm³/mol. The molecule has 0 saturated heterocycles. The van der Waals surface area contributed by atoms with E-state index in [0.717, 1.165) is 6.07 Å². The molecule has 1 rings (SSSR count). The topological polar surface area (TPSA) is 27.0 Å². The Morgan fingerprint density at radius 3 is 2.33 bits per heavy atom. The molecule has 1 unspecified atom stereocenters. The van der Waals surface area contributed by atoms with E-state index in [9.17, 15) is 8.78 Å². The van der Waals surface area contributed by atoms with E-state index < -0.39 is 11.6 Å². The van der Waals surface area contributed by atoms with Gasteiger partial charge < -0.3 is 0 Å². The SMILES string of the molecule is CC(C#N)N(C)Cc1cc(F)cc(F)c1. The van der Waals surface area contributed by atoms with Crippen LogP contribution in [0.2, 0.25) is 0 Å². The molecule has 0 aromatic heterocycles. The van der Waals surface area contributed by atoms with Gasteiger partial charge in [0.1, 0.15) is 11.6 Å². The van der Waals surface area contributed by atoms with Gasteiger partial charge in [-0.2, -0.15) is 5.26 Å². The molecule has 0 aliphatic heterocycles. The number of hydrogen-bond acceptors (Lipinski definition) is 2. The molecule has 0 aliphatic rings. The van der Waals surface area contributed by atoms with Gasteiger partial charge in [-0.1, -0.05) is 0 Å². The maximum absolute atomic E-state index is 12.8. The van der Waals surface area contributed by atoms with E-state index in [1.54, 1.807) is 18.9 Å². The van der Waals surface area contributed by atoms with Gasteiger partial charge in [0.2, 0.25) is 0 Å². The van der Waals surface area contributed by atoms with Crippen molar-refractivity contribution in [3.63, 3.8) is 0 Å². The smallest absolute Gasteiger partial charge is 0.126 e. The summed E-state index contributed by atoms with van der Waals surface area (Å²) in [5.41, 5.74) is 0.525. The summed E-state index contributed by atoms with van der Waals surface area (Å²) < 4.78 is 25.7. The molecule has 0 N–H and O–H groups in total. The van der Waals surface area contributed by atoms with Crippen LogP contribution in [0.5, 0.6) is 0 Å². The molecule has 2 nitrogen and oxygen atoms in total. The van der Waals surface area contributed by atoms with Crippen molar-refractivity contribution in [2.45, 2.75) is 19.5 Å². The average molecular weight is 210 g/mol. The summed E-state index contributed by atoms with van der Waals surface area (Å²) >= 11 is 0. The fraction of sp³-hybridized carbons (Fsp3) is 0.364. The lowest BCUT2D eigenvalue weighted by Gasteiger charge is -2.18. The van der Waals surface area contributed by atoms with Gasteiger partial charge in [0.05, 0.1) is 12.1 Å². The fourth-order valence-corrected chi connectivity index (χ4v) is 1.23. The van der Waals surface area contributed by atoms with Crippen LogP contribution in [-0.4, -0.2) is 18.0 Å². The molecule has 1 aromatic rings. The van der Waals surface area contributed by atoms with Gasteiger partial charge in [-0.05, 0) is 31.7 Å². The van der Waals surface area contributed by atoms with E-state index >= 15 is 0 Å². The third-order valence-electron chi connectivity index (χ3n) is 2.20. The second kappa shape index (κ2) is 4.85. The molecule has 0 saturated carbocycles. The fourth-order valence-electron chi connectivity index (χ4n) is 1.23. The molecule has 1 atom stereocenters. The number of nitriles is 1. The number of benzene rings is 1. The Labute approximate surface area is 87.7 Å². The van der Waals surface area contributed by atoms with Crippen molar-refractivity contribution in [2.24, 2.45) is 0 Å². The number of nitrogens with zero attached hydrogens (tertiary/aromatic N) is 2. The van der Waals surface area contributed by atoms with Crippen LogP contribution in [0.25, 0.3) is 0 Å². The van der Waals surface area contributed by atoms with Crippen LogP contribution in [0.1, 0.15) is 12.5 Å². The Kier molecular flexibility index (Phi) is 3.75. The molecule has 1 aromatic carbocycles. The van der Waals surface area contributed by atoms with Crippen molar-refractivity contribution in [2.75, 3.05) is 7.05 Å². The summed E-state index contributed by atoms with van der Waals surface area (Å²) in [6.45, 7) is 2.08. The lowest BCUT2D eigenvalue weighted by molar-refractivity contribution is 0.293. The molecular weight excluding hydrogens is 198 g/mol. The van der Waals surface area contributed by atoms with Crippen LogP contribution in [0.3, 0.4) is 0 Å². The van der Waals surface area contributed by atoms with Crippen molar-refractivity contribution < 1.29 is 8.78 Å². The molecule has 80 valence electrons. The summed E-state index contributed by atoms with van der Waals surface area (Å²) in [6, 6.07) is 5.14. The third-order valence-corrected chi connectivity index (χ3v) is 2.20. The summed E-state index contributed by atoms with van der Waals surface area (Å²) in [4.78, 5) is 1.72. The lowest BCUT2D eigenvalue weighted by Crippen LogP contribution is -2.27. The largest absolute Gasteiger partial charge is 0.287 e. The highest BCUT2D eigenvalue weighted by molar-refractivity contribution is 5.18. The normalized spacial score (nSPS) is 12.5. The van der Waals surface area contributed by atoms with Crippen molar-refractivity contribution in [3.05, 3.63) is 35.4 Å². The van der Waals surface area contributed by atoms with Crippen molar-refractivity contribution in [1.82, 2.24) is 4.90 Å². The molecule has 0 amide bonds. The van der Waals surface area contributed by atoms with E-state index in [1.807, 2.05) is 0 Å². The maximum Gasteiger partial charge on any atom is 0.126 e. The van der Waals surface area contributed by atoms with Gasteiger partial charge in [-0.25, -0.2) is 8.78 Å². The minimum atomic E-state index is -0.594. The van der Waals surface area contributed by atoms with Crippen LogP contribution in [-0.2, 0) is 6.54 Å². The Morgan fingerprint density at radius 1 is 1.33 bits per heavy atom. The highest BCUT2D eigenvalue weighted by atomic mass is 19.1. The molecule has 4 heteroatoms. The second-order valence-corrected chi connectivity index (χ2v) is 3.50. The van der Waals surface area contributed by atoms with E-state index in [2.05, 4.69) is 6.07 Å². The van der Waals surface area contributed by atoms with Crippen LogP contribution >= 0.6 is 0 Å². The first-order valence-corrected chi connectivity index (χ1v) is 4.57. The van der Waals surface area contributed by atoms with Crippen LogP contribution < -0.4 is 0 Å². The molecule has 0 spiro atoms. The van der Waals surface area contributed by atoms with Crippen LogP contribution in [0.15, 0.2) is 18.2 Å². The van der Waals surface area contributed by atoms with Gasteiger partial charge in [0.15, 0.2) is 0 Å². The summed E-state index contributed by atoms with van der Waals surface area (Å²) in [5.74, 6) is -1.19. The zero-order chi connectivity index (χ0) is 11.4. The first-order chi connectivity index (χ1) is 7.02. The second-order valence-electron chi connectivity index (χ2n) is 3.50. The molecule has 0 radical (unpaired) electrons. The molecule has 0 fully saturated rings.